The third-order valence-corrected chi connectivity index (χ3v) is 1.44. The Labute approximate surface area is 75.6 Å². The predicted molar refractivity (Wildman–Crippen MR) is 40.2 cm³/mol. The van der Waals surface area contributed by atoms with Gasteiger partial charge in [0.05, 0.1) is 11.3 Å². The van der Waals surface area contributed by atoms with Gasteiger partial charge in [0.2, 0.25) is 0 Å². The molecular formula is C7H3F4N3. The Morgan fingerprint density at radius 1 is 1.29 bits per heavy atom. The summed E-state index contributed by atoms with van der Waals surface area (Å²) in [5.41, 5.74) is 5.84. The highest BCUT2D eigenvalue weighted by molar-refractivity contribution is 5.43. The van der Waals surface area contributed by atoms with Crippen LogP contribution in [-0.4, -0.2) is 0 Å². The van der Waals surface area contributed by atoms with Crippen LogP contribution in [0.25, 0.3) is 10.4 Å². The summed E-state index contributed by atoms with van der Waals surface area (Å²) in [4.78, 5) is 2.21. The average molecular weight is 205 g/mol. The lowest BCUT2D eigenvalue weighted by molar-refractivity contribution is -0.139. The highest BCUT2D eigenvalue weighted by Crippen LogP contribution is 2.34. The van der Waals surface area contributed by atoms with Crippen molar-refractivity contribution in [3.8, 4) is 0 Å². The second-order valence-electron chi connectivity index (χ2n) is 2.33. The van der Waals surface area contributed by atoms with E-state index >= 15 is 0 Å². The second kappa shape index (κ2) is 3.55. The molecule has 0 fully saturated rings. The Morgan fingerprint density at radius 3 is 2.43 bits per heavy atom. The van der Waals surface area contributed by atoms with Crippen molar-refractivity contribution in [2.45, 2.75) is 6.18 Å². The van der Waals surface area contributed by atoms with Crippen molar-refractivity contribution in [1.82, 2.24) is 0 Å². The number of nitrogens with zero attached hydrogens (tertiary/aromatic N) is 3. The van der Waals surface area contributed by atoms with Crippen LogP contribution in [0.2, 0.25) is 0 Å². The van der Waals surface area contributed by atoms with E-state index in [4.69, 9.17) is 5.53 Å². The molecule has 0 atom stereocenters. The first-order valence-electron chi connectivity index (χ1n) is 3.37. The van der Waals surface area contributed by atoms with Gasteiger partial charge >= 0.3 is 6.18 Å². The van der Waals surface area contributed by atoms with Crippen LogP contribution in [0.1, 0.15) is 5.56 Å². The molecule has 0 saturated carbocycles. The third kappa shape index (κ3) is 1.94. The largest absolute Gasteiger partial charge is 0.419 e. The summed E-state index contributed by atoms with van der Waals surface area (Å²) in [6.45, 7) is 0. The first-order chi connectivity index (χ1) is 6.46. The van der Waals surface area contributed by atoms with E-state index in [-0.39, 0.29) is 0 Å². The maximum absolute atomic E-state index is 13.0. The molecule has 1 aromatic rings. The third-order valence-electron chi connectivity index (χ3n) is 1.44. The normalized spacial score (nSPS) is 10.9. The minimum absolute atomic E-state index is 0.575. The first kappa shape index (κ1) is 10.3. The van der Waals surface area contributed by atoms with Crippen molar-refractivity contribution in [1.29, 1.82) is 0 Å². The number of hydrogen-bond donors (Lipinski definition) is 0. The standard InChI is InChI=1S/C7H3F4N3/c8-6-4(7(9,10)11)2-1-3-5(6)13-14-12/h1-3H. The number of alkyl halides is 3. The van der Waals surface area contributed by atoms with Crippen molar-refractivity contribution >= 4 is 5.69 Å². The average Bonchev–Trinajstić information content (AvgIpc) is 2.07. The molecule has 0 spiro atoms. The topological polar surface area (TPSA) is 48.8 Å². The number of rotatable bonds is 1. The molecule has 0 aliphatic rings. The highest BCUT2D eigenvalue weighted by Gasteiger charge is 2.34. The summed E-state index contributed by atoms with van der Waals surface area (Å²) in [5.74, 6) is -1.56. The van der Waals surface area contributed by atoms with E-state index in [1.54, 1.807) is 0 Å². The fourth-order valence-electron chi connectivity index (χ4n) is 0.864. The number of benzene rings is 1. The van der Waals surface area contributed by atoms with Crippen molar-refractivity contribution in [3.63, 3.8) is 0 Å². The van der Waals surface area contributed by atoms with Crippen LogP contribution in [-0.2, 0) is 6.18 Å². The van der Waals surface area contributed by atoms with Gasteiger partial charge in [-0.3, -0.25) is 0 Å². The Kier molecular flexibility index (Phi) is 2.62. The van der Waals surface area contributed by atoms with E-state index in [1.165, 1.54) is 0 Å². The van der Waals surface area contributed by atoms with Gasteiger partial charge in [-0.25, -0.2) is 4.39 Å². The van der Waals surface area contributed by atoms with Gasteiger partial charge in [-0.15, -0.1) is 0 Å². The molecule has 0 unspecified atom stereocenters. The molecule has 0 saturated heterocycles. The van der Waals surface area contributed by atoms with Crippen LogP contribution >= 0.6 is 0 Å². The zero-order valence-electron chi connectivity index (χ0n) is 6.59. The van der Waals surface area contributed by atoms with E-state index < -0.39 is 23.2 Å². The summed E-state index contributed by atoms with van der Waals surface area (Å²) in [6.07, 6.45) is -4.79. The van der Waals surface area contributed by atoms with Gasteiger partial charge in [-0.05, 0) is 17.7 Å². The van der Waals surface area contributed by atoms with Crippen LogP contribution in [0.15, 0.2) is 23.3 Å². The summed E-state index contributed by atoms with van der Waals surface area (Å²) in [5, 5.41) is 2.79. The van der Waals surface area contributed by atoms with Gasteiger partial charge in [-0.2, -0.15) is 13.2 Å². The molecule has 0 aliphatic carbocycles. The molecule has 0 heterocycles. The molecule has 0 aromatic heterocycles. The molecule has 0 amide bonds. The fraction of sp³-hybridized carbons (Fsp3) is 0.143. The molecule has 7 heteroatoms. The zero-order valence-corrected chi connectivity index (χ0v) is 6.59. The molecule has 1 aromatic carbocycles. The van der Waals surface area contributed by atoms with Crippen LogP contribution in [0, 0.1) is 5.82 Å². The van der Waals surface area contributed by atoms with Crippen LogP contribution in [0.4, 0.5) is 23.2 Å². The summed E-state index contributed by atoms with van der Waals surface area (Å²) >= 11 is 0. The number of azide groups is 1. The monoisotopic (exact) mass is 205 g/mol. The fourth-order valence-corrected chi connectivity index (χ4v) is 0.864. The Hall–Kier alpha value is -1.75. The molecular weight excluding hydrogens is 202 g/mol. The van der Waals surface area contributed by atoms with Gasteiger partial charge < -0.3 is 0 Å². The molecule has 0 aliphatic heterocycles. The van der Waals surface area contributed by atoms with E-state index in [9.17, 15) is 17.6 Å². The second-order valence-corrected chi connectivity index (χ2v) is 2.33. The maximum atomic E-state index is 13.0. The van der Waals surface area contributed by atoms with E-state index in [1.807, 2.05) is 0 Å². The van der Waals surface area contributed by atoms with Gasteiger partial charge in [0, 0.05) is 4.91 Å². The minimum Gasteiger partial charge on any atom is -0.206 e. The molecule has 14 heavy (non-hydrogen) atoms. The quantitative estimate of drug-likeness (QED) is 0.290. The van der Waals surface area contributed by atoms with Crippen LogP contribution in [0.5, 0.6) is 0 Å². The Bertz CT molecular complexity index is 392. The predicted octanol–water partition coefficient (Wildman–Crippen LogP) is 3.79. The maximum Gasteiger partial charge on any atom is 0.419 e. The van der Waals surface area contributed by atoms with Gasteiger partial charge in [0.15, 0.2) is 0 Å². The zero-order chi connectivity index (χ0) is 10.8. The van der Waals surface area contributed by atoms with E-state index in [2.05, 4.69) is 10.0 Å². The van der Waals surface area contributed by atoms with Crippen molar-refractivity contribution < 1.29 is 17.6 Å². The Balaban J connectivity index is 3.34. The molecule has 0 bridgehead atoms. The lowest BCUT2D eigenvalue weighted by Gasteiger charge is -2.08. The lowest BCUT2D eigenvalue weighted by atomic mass is 10.2. The van der Waals surface area contributed by atoms with Crippen molar-refractivity contribution in [3.05, 3.63) is 40.0 Å². The molecule has 74 valence electrons. The SMILES string of the molecule is [N-]=[N+]=Nc1cccc(C(F)(F)F)c1F. The minimum atomic E-state index is -4.79. The smallest absolute Gasteiger partial charge is 0.206 e. The van der Waals surface area contributed by atoms with Gasteiger partial charge in [-0.1, -0.05) is 11.2 Å². The number of halogens is 4. The summed E-state index contributed by atoms with van der Waals surface area (Å²) in [6, 6.07) is 2.51. The summed E-state index contributed by atoms with van der Waals surface area (Å²) < 4.78 is 49.3. The molecule has 3 nitrogen and oxygen atoms in total. The molecule has 0 N–H and O–H groups in total. The van der Waals surface area contributed by atoms with Crippen LogP contribution < -0.4 is 0 Å². The van der Waals surface area contributed by atoms with Crippen molar-refractivity contribution in [2.75, 3.05) is 0 Å². The molecule has 1 rings (SSSR count). The lowest BCUT2D eigenvalue weighted by Crippen LogP contribution is -2.07. The highest BCUT2D eigenvalue weighted by atomic mass is 19.4. The van der Waals surface area contributed by atoms with E-state index in [0.717, 1.165) is 12.1 Å². The van der Waals surface area contributed by atoms with Gasteiger partial charge in [0.1, 0.15) is 5.82 Å². The molecule has 0 radical (unpaired) electrons. The first-order valence-corrected chi connectivity index (χ1v) is 3.37. The van der Waals surface area contributed by atoms with Crippen LogP contribution in [0.3, 0.4) is 0 Å². The van der Waals surface area contributed by atoms with Crippen molar-refractivity contribution in [2.24, 2.45) is 5.11 Å². The summed E-state index contributed by atoms with van der Waals surface area (Å²) in [7, 11) is 0. The van der Waals surface area contributed by atoms with Gasteiger partial charge in [0.25, 0.3) is 0 Å². The van der Waals surface area contributed by atoms with E-state index in [0.29, 0.717) is 6.07 Å². The number of hydrogen-bond acceptors (Lipinski definition) is 1. The Morgan fingerprint density at radius 2 is 1.93 bits per heavy atom.